The lowest BCUT2D eigenvalue weighted by molar-refractivity contribution is -0.402. The number of aliphatic hydroxyl groups is 1. The van der Waals surface area contributed by atoms with Crippen LogP contribution in [0.3, 0.4) is 0 Å². The highest BCUT2D eigenvalue weighted by molar-refractivity contribution is 5.18. The second-order valence-corrected chi connectivity index (χ2v) is 4.05. The van der Waals surface area contributed by atoms with Crippen molar-refractivity contribution in [1.82, 2.24) is 0 Å². The highest BCUT2D eigenvalue weighted by atomic mass is 17.1. The summed E-state index contributed by atoms with van der Waals surface area (Å²) in [5, 5.41) is 18.2. The normalized spacial score (nSPS) is 28.3. The van der Waals surface area contributed by atoms with E-state index >= 15 is 0 Å². The molecule has 76 valence electrons. The summed E-state index contributed by atoms with van der Waals surface area (Å²) in [5.74, 6) is -0.925. The minimum atomic E-state index is -1.42. The summed E-state index contributed by atoms with van der Waals surface area (Å²) in [4.78, 5) is 4.08. The van der Waals surface area contributed by atoms with Gasteiger partial charge in [0.05, 0.1) is 0 Å². The van der Waals surface area contributed by atoms with Crippen LogP contribution in [0.2, 0.25) is 0 Å². The first-order valence-corrected chi connectivity index (χ1v) is 4.73. The van der Waals surface area contributed by atoms with Crippen molar-refractivity contribution in [3.8, 4) is 0 Å². The minimum Gasteiger partial charge on any atom is -0.363 e. The summed E-state index contributed by atoms with van der Waals surface area (Å²) >= 11 is 0. The van der Waals surface area contributed by atoms with Gasteiger partial charge in [-0.1, -0.05) is 19.1 Å². The van der Waals surface area contributed by atoms with Gasteiger partial charge in [-0.05, 0) is 32.1 Å². The maximum Gasteiger partial charge on any atom is 0.198 e. The molecular weight excluding hydrogens is 168 g/mol. The summed E-state index contributed by atoms with van der Waals surface area (Å²) in [6.45, 7) is 7.33. The van der Waals surface area contributed by atoms with E-state index in [0.717, 1.165) is 19.3 Å². The molecule has 0 heterocycles. The highest BCUT2D eigenvalue weighted by Gasteiger charge is 2.38. The zero-order chi connectivity index (χ0) is 10.1. The summed E-state index contributed by atoms with van der Waals surface area (Å²) < 4.78 is 0. The standard InChI is InChI=1S/C10H18O3/c1-4-9(10(3,11)13-12)6-8-5-7(8)2/h8-9,11-12H,2,4-6H2,1,3H3/t8?,9?,10-/m1/s1. The Kier molecular flexibility index (Phi) is 3.11. The third-order valence-corrected chi connectivity index (χ3v) is 2.93. The number of allylic oxidation sites excluding steroid dienone is 1. The molecule has 0 saturated heterocycles. The van der Waals surface area contributed by atoms with Crippen molar-refractivity contribution < 1.29 is 15.3 Å². The van der Waals surface area contributed by atoms with E-state index < -0.39 is 5.79 Å². The SMILES string of the molecule is C=C1CC1CC(CC)[C@](C)(O)OO. The molecule has 0 radical (unpaired) electrons. The third kappa shape index (κ3) is 2.53. The Morgan fingerprint density at radius 2 is 2.31 bits per heavy atom. The molecule has 3 atom stereocenters. The average Bonchev–Trinajstić information content (AvgIpc) is 2.77. The van der Waals surface area contributed by atoms with E-state index in [0.29, 0.717) is 5.92 Å². The fraction of sp³-hybridized carbons (Fsp3) is 0.800. The van der Waals surface area contributed by atoms with Crippen molar-refractivity contribution in [2.24, 2.45) is 11.8 Å². The second-order valence-electron chi connectivity index (χ2n) is 4.05. The molecule has 0 spiro atoms. The number of rotatable bonds is 5. The van der Waals surface area contributed by atoms with Crippen molar-refractivity contribution >= 4 is 0 Å². The quantitative estimate of drug-likeness (QED) is 0.299. The van der Waals surface area contributed by atoms with Gasteiger partial charge in [0.15, 0.2) is 5.79 Å². The Bertz CT molecular complexity index is 198. The van der Waals surface area contributed by atoms with Crippen molar-refractivity contribution in [1.29, 1.82) is 0 Å². The van der Waals surface area contributed by atoms with Gasteiger partial charge in [-0.2, -0.15) is 0 Å². The fourth-order valence-electron chi connectivity index (χ4n) is 1.69. The van der Waals surface area contributed by atoms with Gasteiger partial charge in [0.2, 0.25) is 0 Å². The van der Waals surface area contributed by atoms with Crippen LogP contribution in [0, 0.1) is 11.8 Å². The second kappa shape index (κ2) is 3.78. The van der Waals surface area contributed by atoms with Gasteiger partial charge >= 0.3 is 0 Å². The third-order valence-electron chi connectivity index (χ3n) is 2.93. The van der Waals surface area contributed by atoms with E-state index in [4.69, 9.17) is 5.26 Å². The van der Waals surface area contributed by atoms with Crippen molar-refractivity contribution in [2.45, 2.75) is 38.9 Å². The predicted molar refractivity (Wildman–Crippen MR) is 50.0 cm³/mol. The van der Waals surface area contributed by atoms with Crippen LogP contribution in [0.5, 0.6) is 0 Å². The van der Waals surface area contributed by atoms with Gasteiger partial charge in [-0.15, -0.1) is 0 Å². The molecule has 2 unspecified atom stereocenters. The summed E-state index contributed by atoms with van der Waals surface area (Å²) in [6.07, 6.45) is 2.69. The smallest absolute Gasteiger partial charge is 0.198 e. The Labute approximate surface area is 79.0 Å². The summed E-state index contributed by atoms with van der Waals surface area (Å²) in [6, 6.07) is 0. The van der Waals surface area contributed by atoms with Crippen molar-refractivity contribution in [3.05, 3.63) is 12.2 Å². The monoisotopic (exact) mass is 186 g/mol. The predicted octanol–water partition coefficient (Wildman–Crippen LogP) is 2.18. The molecule has 2 N–H and O–H groups in total. The van der Waals surface area contributed by atoms with Crippen molar-refractivity contribution in [3.63, 3.8) is 0 Å². The zero-order valence-electron chi connectivity index (χ0n) is 8.29. The molecule has 3 nitrogen and oxygen atoms in total. The van der Waals surface area contributed by atoms with Gasteiger partial charge in [0, 0.05) is 5.92 Å². The first-order valence-electron chi connectivity index (χ1n) is 4.73. The summed E-state index contributed by atoms with van der Waals surface area (Å²) in [5.41, 5.74) is 1.24. The topological polar surface area (TPSA) is 49.7 Å². The Hall–Kier alpha value is -0.380. The molecule has 1 fully saturated rings. The molecule has 1 saturated carbocycles. The van der Waals surface area contributed by atoms with Crippen LogP contribution in [-0.4, -0.2) is 16.2 Å². The van der Waals surface area contributed by atoms with Gasteiger partial charge in [-0.3, -0.25) is 0 Å². The maximum absolute atomic E-state index is 9.64. The molecule has 13 heavy (non-hydrogen) atoms. The van der Waals surface area contributed by atoms with Gasteiger partial charge in [0.1, 0.15) is 0 Å². The number of hydrogen-bond acceptors (Lipinski definition) is 3. The van der Waals surface area contributed by atoms with Gasteiger partial charge < -0.3 is 5.11 Å². The van der Waals surface area contributed by atoms with E-state index in [1.807, 2.05) is 6.92 Å². The van der Waals surface area contributed by atoms with Crippen LogP contribution in [-0.2, 0) is 4.89 Å². The zero-order valence-corrected chi connectivity index (χ0v) is 8.29. The van der Waals surface area contributed by atoms with E-state index in [9.17, 15) is 5.11 Å². The largest absolute Gasteiger partial charge is 0.363 e. The van der Waals surface area contributed by atoms with Crippen LogP contribution < -0.4 is 0 Å². The van der Waals surface area contributed by atoms with Crippen molar-refractivity contribution in [2.75, 3.05) is 0 Å². The van der Waals surface area contributed by atoms with Crippen LogP contribution >= 0.6 is 0 Å². The van der Waals surface area contributed by atoms with Crippen LogP contribution in [0.15, 0.2) is 12.2 Å². The van der Waals surface area contributed by atoms with E-state index in [1.165, 1.54) is 12.5 Å². The Balaban J connectivity index is 2.46. The van der Waals surface area contributed by atoms with E-state index in [-0.39, 0.29) is 5.92 Å². The first-order chi connectivity index (χ1) is 6.01. The minimum absolute atomic E-state index is 0.0262. The molecule has 0 bridgehead atoms. The molecule has 3 heteroatoms. The summed E-state index contributed by atoms with van der Waals surface area (Å²) in [7, 11) is 0. The number of hydrogen-bond donors (Lipinski definition) is 2. The maximum atomic E-state index is 9.64. The molecule has 1 rings (SSSR count). The van der Waals surface area contributed by atoms with E-state index in [2.05, 4.69) is 11.5 Å². The Morgan fingerprint density at radius 1 is 1.77 bits per heavy atom. The molecule has 0 amide bonds. The first kappa shape index (κ1) is 10.7. The average molecular weight is 186 g/mol. The molecule has 0 aromatic rings. The molecule has 0 aromatic heterocycles. The van der Waals surface area contributed by atoms with Gasteiger partial charge in [0.25, 0.3) is 0 Å². The highest BCUT2D eigenvalue weighted by Crippen LogP contribution is 2.43. The molecule has 0 aromatic carbocycles. The molecule has 0 aliphatic heterocycles. The molecular formula is C10H18O3. The lowest BCUT2D eigenvalue weighted by atomic mass is 9.91. The lowest BCUT2D eigenvalue weighted by Crippen LogP contribution is -2.36. The van der Waals surface area contributed by atoms with E-state index in [1.54, 1.807) is 0 Å². The molecule has 1 aliphatic rings. The molecule has 1 aliphatic carbocycles. The van der Waals surface area contributed by atoms with Crippen LogP contribution in [0.1, 0.15) is 33.1 Å². The van der Waals surface area contributed by atoms with Crippen LogP contribution in [0.4, 0.5) is 0 Å². The van der Waals surface area contributed by atoms with Gasteiger partial charge in [-0.25, -0.2) is 10.1 Å². The fourth-order valence-corrected chi connectivity index (χ4v) is 1.69. The van der Waals surface area contributed by atoms with Crippen LogP contribution in [0.25, 0.3) is 0 Å². The lowest BCUT2D eigenvalue weighted by Gasteiger charge is -2.28. The Morgan fingerprint density at radius 3 is 2.62 bits per heavy atom.